The first-order valence-corrected chi connectivity index (χ1v) is 10.3. The Hall–Kier alpha value is -3.48. The molecule has 0 bridgehead atoms. The van der Waals surface area contributed by atoms with Gasteiger partial charge < -0.3 is 14.4 Å². The molecule has 1 aromatic heterocycles. The van der Waals surface area contributed by atoms with E-state index < -0.39 is 16.1 Å². The van der Waals surface area contributed by atoms with Crippen molar-refractivity contribution in [3.63, 3.8) is 0 Å². The fourth-order valence-corrected chi connectivity index (χ4v) is 3.99. The van der Waals surface area contributed by atoms with Crippen molar-refractivity contribution in [2.24, 2.45) is 0 Å². The lowest BCUT2D eigenvalue weighted by Crippen LogP contribution is -2.36. The highest BCUT2D eigenvalue weighted by Gasteiger charge is 2.26. The first kappa shape index (κ1) is 21.2. The zero-order chi connectivity index (χ0) is 21.7. The highest BCUT2D eigenvalue weighted by molar-refractivity contribution is 7.90. The van der Waals surface area contributed by atoms with Gasteiger partial charge in [-0.05, 0) is 18.1 Å². The third kappa shape index (κ3) is 4.92. The summed E-state index contributed by atoms with van der Waals surface area (Å²) in [6.45, 7) is 0.698. The van der Waals surface area contributed by atoms with E-state index in [2.05, 4.69) is 20.3 Å². The van der Waals surface area contributed by atoms with Crippen molar-refractivity contribution in [2.45, 2.75) is 24.3 Å². The Morgan fingerprint density at radius 3 is 2.40 bits per heavy atom. The number of hydrogen-bond donors (Lipinski definition) is 2. The Balaban J connectivity index is 1.77. The largest absolute Gasteiger partial charge is 0.467 e. The van der Waals surface area contributed by atoms with Gasteiger partial charge in [0.1, 0.15) is 0 Å². The normalized spacial score (nSPS) is 13.8. The molecule has 12 nitrogen and oxygen atoms in total. The smallest absolute Gasteiger partial charge is 0.335 e. The van der Waals surface area contributed by atoms with Gasteiger partial charge >= 0.3 is 18.1 Å². The minimum atomic E-state index is -4.23. The van der Waals surface area contributed by atoms with Crippen LogP contribution in [0.4, 0.5) is 10.7 Å². The number of anilines is 1. The summed E-state index contributed by atoms with van der Waals surface area (Å²) in [4.78, 5) is 37.0. The average Bonchev–Trinajstić information content (AvgIpc) is 3.11. The molecule has 1 saturated heterocycles. The molecule has 0 saturated carbocycles. The molecule has 3 rings (SSSR count). The number of aromatic nitrogens is 3. The fraction of sp³-hybridized carbons (Fsp3) is 0.353. The van der Waals surface area contributed by atoms with Gasteiger partial charge in [-0.2, -0.15) is 9.97 Å². The molecule has 2 heterocycles. The van der Waals surface area contributed by atoms with Crippen LogP contribution < -0.4 is 19.5 Å². The lowest BCUT2D eigenvalue weighted by molar-refractivity contribution is -0.128. The Labute approximate surface area is 172 Å². The van der Waals surface area contributed by atoms with Gasteiger partial charge in [0.05, 0.1) is 19.1 Å². The zero-order valence-corrected chi connectivity index (χ0v) is 17.1. The van der Waals surface area contributed by atoms with E-state index in [9.17, 15) is 18.0 Å². The number of sulfonamides is 1. The summed E-state index contributed by atoms with van der Waals surface area (Å²) in [5.41, 5.74) is 0.400. The quantitative estimate of drug-likeness (QED) is 0.632. The van der Waals surface area contributed by atoms with Crippen molar-refractivity contribution in [1.82, 2.24) is 24.6 Å². The Morgan fingerprint density at radius 1 is 1.13 bits per heavy atom. The van der Waals surface area contributed by atoms with Crippen LogP contribution in [-0.4, -0.2) is 61.0 Å². The molecule has 0 unspecified atom stereocenters. The molecule has 1 aromatic carbocycles. The minimum absolute atomic E-state index is 0.0365. The molecule has 3 amide bonds. The standard InChI is InChI=1S/C17H20N6O6S/c1-28-16-19-14(20-17(21-16)29-2)18-15(25)22-30(26,27)12-7-4-3-6-11(12)10-23-9-5-8-13(23)24/h3-4,6-7H,5,8-10H2,1-2H3,(H2,18,19,20,21,22,25). The van der Waals surface area contributed by atoms with Crippen LogP contribution >= 0.6 is 0 Å². The molecule has 160 valence electrons. The van der Waals surface area contributed by atoms with Crippen LogP contribution in [-0.2, 0) is 21.4 Å². The molecule has 1 aliphatic heterocycles. The summed E-state index contributed by atoms with van der Waals surface area (Å²) in [5.74, 6) is -0.298. The average molecular weight is 436 g/mol. The lowest BCUT2D eigenvalue weighted by atomic mass is 10.2. The van der Waals surface area contributed by atoms with Gasteiger partial charge in [-0.1, -0.05) is 18.2 Å². The fourth-order valence-electron chi connectivity index (χ4n) is 2.85. The number of ether oxygens (including phenoxy) is 2. The number of hydrogen-bond acceptors (Lipinski definition) is 9. The van der Waals surface area contributed by atoms with Gasteiger partial charge in [-0.15, -0.1) is 4.98 Å². The molecule has 0 radical (unpaired) electrons. The minimum Gasteiger partial charge on any atom is -0.467 e. The third-order valence-corrected chi connectivity index (χ3v) is 5.64. The van der Waals surface area contributed by atoms with Crippen LogP contribution in [0.15, 0.2) is 29.2 Å². The topological polar surface area (TPSA) is 153 Å². The number of amides is 3. The molecular weight excluding hydrogens is 416 g/mol. The van der Waals surface area contributed by atoms with Crippen molar-refractivity contribution in [3.8, 4) is 12.0 Å². The van der Waals surface area contributed by atoms with Crippen molar-refractivity contribution < 1.29 is 27.5 Å². The molecule has 2 N–H and O–H groups in total. The second kappa shape index (κ2) is 8.90. The molecule has 13 heteroatoms. The van der Waals surface area contributed by atoms with Crippen LogP contribution in [0.2, 0.25) is 0 Å². The number of nitrogens with zero attached hydrogens (tertiary/aromatic N) is 4. The molecule has 0 aliphatic carbocycles. The number of nitrogens with one attached hydrogen (secondary N) is 2. The van der Waals surface area contributed by atoms with Gasteiger partial charge in [0.2, 0.25) is 11.9 Å². The van der Waals surface area contributed by atoms with Gasteiger partial charge in [0.25, 0.3) is 10.0 Å². The maximum atomic E-state index is 12.8. The zero-order valence-electron chi connectivity index (χ0n) is 16.3. The lowest BCUT2D eigenvalue weighted by Gasteiger charge is -2.18. The molecule has 2 aromatic rings. The number of carbonyl (C=O) groups excluding carboxylic acids is 2. The van der Waals surface area contributed by atoms with Crippen molar-refractivity contribution >= 4 is 27.9 Å². The van der Waals surface area contributed by atoms with Crippen molar-refractivity contribution in [1.29, 1.82) is 0 Å². The Bertz CT molecular complexity index is 1040. The number of urea groups is 1. The molecule has 0 spiro atoms. The third-order valence-electron chi connectivity index (χ3n) is 4.21. The Morgan fingerprint density at radius 2 is 1.80 bits per heavy atom. The van der Waals surface area contributed by atoms with E-state index in [0.29, 0.717) is 18.5 Å². The predicted molar refractivity (Wildman–Crippen MR) is 103 cm³/mol. The predicted octanol–water partition coefficient (Wildman–Crippen LogP) is 0.522. The van der Waals surface area contributed by atoms with Crippen LogP contribution in [0.5, 0.6) is 12.0 Å². The maximum Gasteiger partial charge on any atom is 0.335 e. The summed E-state index contributed by atoms with van der Waals surface area (Å²) < 4.78 is 37.2. The number of benzene rings is 1. The molecule has 0 atom stereocenters. The second-order valence-electron chi connectivity index (χ2n) is 6.22. The van der Waals surface area contributed by atoms with Gasteiger partial charge in [0, 0.05) is 19.5 Å². The summed E-state index contributed by atoms with van der Waals surface area (Å²) in [5, 5.41) is 2.20. The van der Waals surface area contributed by atoms with Crippen LogP contribution in [0.3, 0.4) is 0 Å². The number of carbonyl (C=O) groups is 2. The monoisotopic (exact) mass is 436 g/mol. The number of rotatable bonds is 7. The first-order valence-electron chi connectivity index (χ1n) is 8.86. The van der Waals surface area contributed by atoms with E-state index in [0.717, 1.165) is 6.42 Å². The molecule has 1 aliphatic rings. The van der Waals surface area contributed by atoms with Crippen LogP contribution in [0.1, 0.15) is 18.4 Å². The van der Waals surface area contributed by atoms with Crippen molar-refractivity contribution in [2.75, 3.05) is 26.1 Å². The van der Waals surface area contributed by atoms with Gasteiger partial charge in [0.15, 0.2) is 0 Å². The van der Waals surface area contributed by atoms with Crippen LogP contribution in [0.25, 0.3) is 0 Å². The van der Waals surface area contributed by atoms with Gasteiger partial charge in [-0.3, -0.25) is 10.1 Å². The summed E-state index contributed by atoms with van der Waals surface area (Å²) >= 11 is 0. The molecule has 30 heavy (non-hydrogen) atoms. The summed E-state index contributed by atoms with van der Waals surface area (Å²) in [6, 6.07) is 4.82. The Kier molecular flexibility index (Phi) is 6.30. The van der Waals surface area contributed by atoms with Gasteiger partial charge in [-0.25, -0.2) is 17.9 Å². The number of methoxy groups -OCH3 is 2. The molecular formula is C17H20N6O6S. The van der Waals surface area contributed by atoms with E-state index in [1.54, 1.807) is 17.0 Å². The van der Waals surface area contributed by atoms with E-state index >= 15 is 0 Å². The van der Waals surface area contributed by atoms with E-state index in [4.69, 9.17) is 9.47 Å². The SMILES string of the molecule is COc1nc(NC(=O)NS(=O)(=O)c2ccccc2CN2CCCC2=O)nc(OC)n1. The van der Waals surface area contributed by atoms with E-state index in [1.807, 2.05) is 4.72 Å². The number of likely N-dealkylation sites (tertiary alicyclic amines) is 1. The summed E-state index contributed by atoms with van der Waals surface area (Å²) in [7, 11) is -1.61. The first-order chi connectivity index (χ1) is 14.3. The summed E-state index contributed by atoms with van der Waals surface area (Å²) in [6.07, 6.45) is 1.17. The van der Waals surface area contributed by atoms with Crippen LogP contribution in [0, 0.1) is 0 Å². The molecule has 1 fully saturated rings. The highest BCUT2D eigenvalue weighted by atomic mass is 32.2. The highest BCUT2D eigenvalue weighted by Crippen LogP contribution is 2.21. The maximum absolute atomic E-state index is 12.8. The second-order valence-corrected chi connectivity index (χ2v) is 7.87. The van der Waals surface area contributed by atoms with E-state index in [1.165, 1.54) is 26.4 Å². The van der Waals surface area contributed by atoms with Crippen molar-refractivity contribution in [3.05, 3.63) is 29.8 Å². The van der Waals surface area contributed by atoms with E-state index in [-0.39, 0.29) is 35.3 Å².